The minimum absolute atomic E-state index is 0.0385. The van der Waals surface area contributed by atoms with Crippen LogP contribution in [0.2, 0.25) is 0 Å². The zero-order chi connectivity index (χ0) is 13.8. The Morgan fingerprint density at radius 3 is 2.58 bits per heavy atom. The van der Waals surface area contributed by atoms with E-state index in [1.54, 1.807) is 0 Å². The molecule has 104 valence electrons. The predicted molar refractivity (Wildman–Crippen MR) is 78.5 cm³/mol. The molecule has 1 aliphatic rings. The fraction of sp³-hybridized carbons (Fsp3) is 0.533. The SMILES string of the molecule is CNCCN1CCN(c2ccc(C)cc2)C(=O)C1C. The lowest BCUT2D eigenvalue weighted by molar-refractivity contribution is -0.125. The van der Waals surface area contributed by atoms with E-state index in [4.69, 9.17) is 0 Å². The standard InChI is InChI=1S/C15H23N3O/c1-12-4-6-14(7-5-12)18-11-10-17(9-8-16-3)13(2)15(18)19/h4-7,13,16H,8-11H2,1-3H3. The molecule has 4 heteroatoms. The molecule has 4 nitrogen and oxygen atoms in total. The number of nitrogens with zero attached hydrogens (tertiary/aromatic N) is 2. The molecule has 1 N–H and O–H groups in total. The molecular formula is C15H23N3O. The molecule has 0 aliphatic carbocycles. The molecule has 0 aromatic heterocycles. The van der Waals surface area contributed by atoms with Crippen molar-refractivity contribution in [2.45, 2.75) is 19.9 Å². The topological polar surface area (TPSA) is 35.6 Å². The molecule has 0 saturated carbocycles. The second-order valence-corrected chi connectivity index (χ2v) is 5.14. The number of rotatable bonds is 4. The number of amides is 1. The van der Waals surface area contributed by atoms with E-state index in [1.807, 2.05) is 31.0 Å². The third-order valence-electron chi connectivity index (χ3n) is 3.78. The van der Waals surface area contributed by atoms with Crippen LogP contribution in [0.5, 0.6) is 0 Å². The number of carbonyl (C=O) groups is 1. The van der Waals surface area contributed by atoms with Gasteiger partial charge in [0.15, 0.2) is 0 Å². The van der Waals surface area contributed by atoms with Gasteiger partial charge in [0, 0.05) is 31.9 Å². The van der Waals surface area contributed by atoms with Crippen LogP contribution < -0.4 is 10.2 Å². The zero-order valence-corrected chi connectivity index (χ0v) is 12.0. The van der Waals surface area contributed by atoms with Gasteiger partial charge in [-0.1, -0.05) is 17.7 Å². The number of likely N-dealkylation sites (N-methyl/N-ethyl adjacent to an activating group) is 1. The predicted octanol–water partition coefficient (Wildman–Crippen LogP) is 1.25. The van der Waals surface area contributed by atoms with Crippen LogP contribution in [0.25, 0.3) is 0 Å². The van der Waals surface area contributed by atoms with Crippen LogP contribution >= 0.6 is 0 Å². The van der Waals surface area contributed by atoms with Crippen molar-refractivity contribution in [1.82, 2.24) is 10.2 Å². The minimum Gasteiger partial charge on any atom is -0.318 e. The van der Waals surface area contributed by atoms with E-state index in [9.17, 15) is 4.79 Å². The second-order valence-electron chi connectivity index (χ2n) is 5.14. The van der Waals surface area contributed by atoms with E-state index in [0.717, 1.165) is 31.9 Å². The number of carbonyl (C=O) groups excluding carboxylic acids is 1. The minimum atomic E-state index is -0.0385. The highest BCUT2D eigenvalue weighted by Crippen LogP contribution is 2.20. The van der Waals surface area contributed by atoms with E-state index in [1.165, 1.54) is 5.56 Å². The zero-order valence-electron chi connectivity index (χ0n) is 12.0. The van der Waals surface area contributed by atoms with Crippen LogP contribution in [0.3, 0.4) is 0 Å². The van der Waals surface area contributed by atoms with Crippen molar-refractivity contribution in [1.29, 1.82) is 0 Å². The molecule has 1 saturated heterocycles. The largest absolute Gasteiger partial charge is 0.318 e. The molecule has 1 aromatic carbocycles. The molecule has 1 aromatic rings. The summed E-state index contributed by atoms with van der Waals surface area (Å²) in [6.07, 6.45) is 0. The quantitative estimate of drug-likeness (QED) is 0.886. The van der Waals surface area contributed by atoms with Gasteiger partial charge >= 0.3 is 0 Å². The number of piperazine rings is 1. The van der Waals surface area contributed by atoms with Crippen molar-refractivity contribution in [3.8, 4) is 0 Å². The summed E-state index contributed by atoms with van der Waals surface area (Å²) in [4.78, 5) is 16.6. The molecule has 2 rings (SSSR count). The Morgan fingerprint density at radius 1 is 1.26 bits per heavy atom. The number of benzene rings is 1. The molecule has 1 amide bonds. The van der Waals surface area contributed by atoms with Crippen LogP contribution in [0.15, 0.2) is 24.3 Å². The van der Waals surface area contributed by atoms with Crippen molar-refractivity contribution in [3.05, 3.63) is 29.8 Å². The summed E-state index contributed by atoms with van der Waals surface area (Å²) < 4.78 is 0. The number of aryl methyl sites for hydroxylation is 1. The molecule has 19 heavy (non-hydrogen) atoms. The summed E-state index contributed by atoms with van der Waals surface area (Å²) in [5.41, 5.74) is 2.23. The number of anilines is 1. The Kier molecular flexibility index (Phi) is 4.56. The van der Waals surface area contributed by atoms with Gasteiger partial charge in [0.2, 0.25) is 5.91 Å². The molecule has 0 spiro atoms. The summed E-state index contributed by atoms with van der Waals surface area (Å²) in [6, 6.07) is 8.14. The smallest absolute Gasteiger partial charge is 0.244 e. The Labute approximate surface area is 115 Å². The maximum atomic E-state index is 12.4. The Hall–Kier alpha value is -1.39. The van der Waals surface area contributed by atoms with Crippen LogP contribution in [0.1, 0.15) is 12.5 Å². The maximum absolute atomic E-state index is 12.4. The van der Waals surface area contributed by atoms with Crippen LogP contribution in [-0.2, 0) is 4.79 Å². The molecule has 1 atom stereocenters. The summed E-state index contributed by atoms with van der Waals surface area (Å²) >= 11 is 0. The maximum Gasteiger partial charge on any atom is 0.244 e. The molecule has 0 bridgehead atoms. The Morgan fingerprint density at radius 2 is 1.95 bits per heavy atom. The van der Waals surface area contributed by atoms with Crippen LogP contribution in [0.4, 0.5) is 5.69 Å². The average Bonchev–Trinajstić information content (AvgIpc) is 2.42. The van der Waals surface area contributed by atoms with Crippen LogP contribution in [-0.4, -0.2) is 50.1 Å². The average molecular weight is 261 g/mol. The van der Waals surface area contributed by atoms with Gasteiger partial charge in [-0.3, -0.25) is 9.69 Å². The highest BCUT2D eigenvalue weighted by atomic mass is 16.2. The molecule has 1 aliphatic heterocycles. The Bertz CT molecular complexity index is 430. The van der Waals surface area contributed by atoms with Crippen molar-refractivity contribution in [2.24, 2.45) is 0 Å². The van der Waals surface area contributed by atoms with E-state index in [-0.39, 0.29) is 11.9 Å². The lowest BCUT2D eigenvalue weighted by Gasteiger charge is -2.39. The van der Waals surface area contributed by atoms with Crippen molar-refractivity contribution in [3.63, 3.8) is 0 Å². The van der Waals surface area contributed by atoms with Crippen LogP contribution in [0, 0.1) is 6.92 Å². The molecule has 0 radical (unpaired) electrons. The van der Waals surface area contributed by atoms with Crippen molar-refractivity contribution >= 4 is 11.6 Å². The Balaban J connectivity index is 2.06. The summed E-state index contributed by atoms with van der Waals surface area (Å²) in [5, 5.41) is 3.13. The fourth-order valence-corrected chi connectivity index (χ4v) is 2.46. The number of hydrogen-bond acceptors (Lipinski definition) is 3. The van der Waals surface area contributed by atoms with E-state index < -0.39 is 0 Å². The van der Waals surface area contributed by atoms with Gasteiger partial charge in [-0.05, 0) is 33.0 Å². The van der Waals surface area contributed by atoms with Gasteiger partial charge in [0.05, 0.1) is 6.04 Å². The van der Waals surface area contributed by atoms with Crippen molar-refractivity contribution < 1.29 is 4.79 Å². The van der Waals surface area contributed by atoms with E-state index >= 15 is 0 Å². The molecule has 1 fully saturated rings. The first-order valence-corrected chi connectivity index (χ1v) is 6.90. The summed E-state index contributed by atoms with van der Waals surface area (Å²) in [5.74, 6) is 0.200. The third kappa shape index (κ3) is 3.14. The summed E-state index contributed by atoms with van der Waals surface area (Å²) in [7, 11) is 1.94. The second kappa shape index (κ2) is 6.17. The van der Waals surface area contributed by atoms with E-state index in [2.05, 4.69) is 29.3 Å². The molecule has 1 heterocycles. The van der Waals surface area contributed by atoms with Gasteiger partial charge in [-0.2, -0.15) is 0 Å². The van der Waals surface area contributed by atoms with Crippen molar-refractivity contribution in [2.75, 3.05) is 38.1 Å². The monoisotopic (exact) mass is 261 g/mol. The lowest BCUT2D eigenvalue weighted by Crippen LogP contribution is -2.57. The highest BCUT2D eigenvalue weighted by Gasteiger charge is 2.31. The third-order valence-corrected chi connectivity index (χ3v) is 3.78. The van der Waals surface area contributed by atoms with Gasteiger partial charge in [-0.25, -0.2) is 0 Å². The van der Waals surface area contributed by atoms with Gasteiger partial charge < -0.3 is 10.2 Å². The lowest BCUT2D eigenvalue weighted by atomic mass is 10.1. The summed E-state index contributed by atoms with van der Waals surface area (Å²) in [6.45, 7) is 7.61. The van der Waals surface area contributed by atoms with Gasteiger partial charge in [0.25, 0.3) is 0 Å². The van der Waals surface area contributed by atoms with E-state index in [0.29, 0.717) is 0 Å². The van der Waals surface area contributed by atoms with Gasteiger partial charge in [-0.15, -0.1) is 0 Å². The highest BCUT2D eigenvalue weighted by molar-refractivity contribution is 5.97. The fourth-order valence-electron chi connectivity index (χ4n) is 2.46. The number of hydrogen-bond donors (Lipinski definition) is 1. The number of nitrogens with one attached hydrogen (secondary N) is 1. The molecule has 1 unspecified atom stereocenters. The van der Waals surface area contributed by atoms with Gasteiger partial charge in [0.1, 0.15) is 0 Å². The molecular weight excluding hydrogens is 238 g/mol. The normalized spacial score (nSPS) is 20.9. The first-order chi connectivity index (χ1) is 9.13. The first kappa shape index (κ1) is 14.0. The first-order valence-electron chi connectivity index (χ1n) is 6.90.